The van der Waals surface area contributed by atoms with Crippen LogP contribution in [-0.2, 0) is 4.79 Å². The van der Waals surface area contributed by atoms with Crippen molar-refractivity contribution in [2.45, 2.75) is 44.6 Å². The molecule has 0 aromatic rings. The Balaban J connectivity index is 2.08. The Morgan fingerprint density at radius 2 is 2.21 bits per heavy atom. The van der Waals surface area contributed by atoms with Gasteiger partial charge < -0.3 is 10.2 Å². The number of nitrogens with one attached hydrogen (secondary N) is 1. The lowest BCUT2D eigenvalue weighted by Gasteiger charge is -2.39. The molecule has 0 saturated carbocycles. The summed E-state index contributed by atoms with van der Waals surface area (Å²) in [6.07, 6.45) is 5.49. The minimum Gasteiger partial charge on any atom is -0.341 e. The van der Waals surface area contributed by atoms with Crippen LogP contribution in [-0.4, -0.2) is 36.0 Å². The van der Waals surface area contributed by atoms with Gasteiger partial charge in [0, 0.05) is 13.1 Å². The predicted molar refractivity (Wildman–Crippen MR) is 56.1 cm³/mol. The van der Waals surface area contributed by atoms with Crippen LogP contribution in [0.2, 0.25) is 0 Å². The van der Waals surface area contributed by atoms with Crippen molar-refractivity contribution in [1.29, 1.82) is 0 Å². The number of hydrogen-bond acceptors (Lipinski definition) is 2. The van der Waals surface area contributed by atoms with Crippen molar-refractivity contribution in [3.05, 3.63) is 0 Å². The zero-order valence-electron chi connectivity index (χ0n) is 9.01. The summed E-state index contributed by atoms with van der Waals surface area (Å²) in [7, 11) is 0. The third kappa shape index (κ3) is 1.54. The molecule has 2 heterocycles. The highest BCUT2D eigenvalue weighted by Crippen LogP contribution is 2.30. The second-order valence-corrected chi connectivity index (χ2v) is 4.51. The normalized spacial score (nSPS) is 32.9. The Bertz CT molecular complexity index is 219. The zero-order valence-corrected chi connectivity index (χ0v) is 9.01. The van der Waals surface area contributed by atoms with E-state index in [4.69, 9.17) is 0 Å². The molecule has 1 unspecified atom stereocenters. The number of nitrogens with zero attached hydrogens (tertiary/aromatic N) is 1. The third-order valence-electron chi connectivity index (χ3n) is 3.47. The van der Waals surface area contributed by atoms with Crippen molar-refractivity contribution < 1.29 is 4.79 Å². The third-order valence-corrected chi connectivity index (χ3v) is 3.47. The maximum absolute atomic E-state index is 12.2. The van der Waals surface area contributed by atoms with Gasteiger partial charge in [0.2, 0.25) is 5.91 Å². The van der Waals surface area contributed by atoms with Crippen LogP contribution in [0.5, 0.6) is 0 Å². The van der Waals surface area contributed by atoms with Gasteiger partial charge in [-0.2, -0.15) is 0 Å². The first-order valence-electron chi connectivity index (χ1n) is 5.83. The largest absolute Gasteiger partial charge is 0.341 e. The van der Waals surface area contributed by atoms with E-state index < -0.39 is 0 Å². The highest BCUT2D eigenvalue weighted by atomic mass is 16.2. The fourth-order valence-electron chi connectivity index (χ4n) is 2.77. The van der Waals surface area contributed by atoms with E-state index >= 15 is 0 Å². The summed E-state index contributed by atoms with van der Waals surface area (Å²) in [5.41, 5.74) is -0.159. The molecule has 2 aliphatic heterocycles. The highest BCUT2D eigenvalue weighted by molar-refractivity contribution is 5.87. The Hall–Kier alpha value is -0.570. The Morgan fingerprint density at radius 1 is 1.43 bits per heavy atom. The van der Waals surface area contributed by atoms with Gasteiger partial charge in [0.05, 0.1) is 5.54 Å². The fourth-order valence-corrected chi connectivity index (χ4v) is 2.77. The molecule has 3 nitrogen and oxygen atoms in total. The number of hydrogen-bond donors (Lipinski definition) is 1. The van der Waals surface area contributed by atoms with Crippen LogP contribution in [0.4, 0.5) is 0 Å². The van der Waals surface area contributed by atoms with E-state index in [1.165, 1.54) is 6.42 Å². The van der Waals surface area contributed by atoms with Gasteiger partial charge in [-0.3, -0.25) is 4.79 Å². The number of amides is 1. The van der Waals surface area contributed by atoms with Crippen LogP contribution in [0.15, 0.2) is 0 Å². The monoisotopic (exact) mass is 196 g/mol. The smallest absolute Gasteiger partial charge is 0.242 e. The standard InChI is InChI=1S/C11H20N2O/c1-2-8-13-9-4-6-11(10(13)14)5-3-7-12-11/h12H,2-9H2,1H3. The summed E-state index contributed by atoms with van der Waals surface area (Å²) >= 11 is 0. The van der Waals surface area contributed by atoms with E-state index in [1.807, 2.05) is 4.90 Å². The van der Waals surface area contributed by atoms with Gasteiger partial charge in [-0.1, -0.05) is 6.92 Å². The lowest BCUT2D eigenvalue weighted by molar-refractivity contribution is -0.141. The molecule has 2 saturated heterocycles. The van der Waals surface area contributed by atoms with Gasteiger partial charge >= 0.3 is 0 Å². The summed E-state index contributed by atoms with van der Waals surface area (Å²) in [5, 5.41) is 3.42. The quantitative estimate of drug-likeness (QED) is 0.718. The molecule has 0 bridgehead atoms. The summed E-state index contributed by atoms with van der Waals surface area (Å²) in [6, 6.07) is 0. The minimum atomic E-state index is -0.159. The zero-order chi connectivity index (χ0) is 10.0. The second-order valence-electron chi connectivity index (χ2n) is 4.51. The van der Waals surface area contributed by atoms with Crippen molar-refractivity contribution in [3.63, 3.8) is 0 Å². The molecule has 1 amide bonds. The van der Waals surface area contributed by atoms with Gasteiger partial charge in [0.15, 0.2) is 0 Å². The van der Waals surface area contributed by atoms with E-state index in [1.54, 1.807) is 0 Å². The molecule has 3 heteroatoms. The number of carbonyl (C=O) groups excluding carboxylic acids is 1. The van der Waals surface area contributed by atoms with E-state index in [-0.39, 0.29) is 5.54 Å². The molecular formula is C11H20N2O. The summed E-state index contributed by atoms with van der Waals surface area (Å²) < 4.78 is 0. The Morgan fingerprint density at radius 3 is 2.86 bits per heavy atom. The van der Waals surface area contributed by atoms with Gasteiger partial charge in [0.25, 0.3) is 0 Å². The molecule has 1 N–H and O–H groups in total. The van der Waals surface area contributed by atoms with Crippen molar-refractivity contribution in [1.82, 2.24) is 10.2 Å². The first-order valence-corrected chi connectivity index (χ1v) is 5.83. The average Bonchev–Trinajstić information content (AvgIpc) is 2.63. The molecule has 1 spiro atoms. The SMILES string of the molecule is CCCN1CCCC2(CCCN2)C1=O. The number of likely N-dealkylation sites (tertiary alicyclic amines) is 1. The molecule has 80 valence electrons. The Kier molecular flexibility index (Phi) is 2.77. The minimum absolute atomic E-state index is 0.159. The molecule has 14 heavy (non-hydrogen) atoms. The van der Waals surface area contributed by atoms with E-state index in [0.717, 1.165) is 45.3 Å². The molecular weight excluding hydrogens is 176 g/mol. The van der Waals surface area contributed by atoms with Gasteiger partial charge in [-0.25, -0.2) is 0 Å². The molecule has 0 aromatic heterocycles. The van der Waals surface area contributed by atoms with E-state index in [0.29, 0.717) is 5.91 Å². The van der Waals surface area contributed by atoms with Crippen molar-refractivity contribution in [3.8, 4) is 0 Å². The first-order chi connectivity index (χ1) is 6.78. The van der Waals surface area contributed by atoms with Crippen LogP contribution in [0, 0.1) is 0 Å². The number of rotatable bonds is 2. The lowest BCUT2D eigenvalue weighted by atomic mass is 9.86. The fraction of sp³-hybridized carbons (Fsp3) is 0.909. The molecule has 2 fully saturated rings. The number of carbonyl (C=O) groups is 1. The van der Waals surface area contributed by atoms with Crippen LogP contribution in [0.3, 0.4) is 0 Å². The summed E-state index contributed by atoms with van der Waals surface area (Å²) in [4.78, 5) is 14.2. The van der Waals surface area contributed by atoms with E-state index in [9.17, 15) is 4.79 Å². The summed E-state index contributed by atoms with van der Waals surface area (Å²) in [6.45, 7) is 5.06. The van der Waals surface area contributed by atoms with Gasteiger partial charge in [-0.05, 0) is 38.6 Å². The molecule has 0 aliphatic carbocycles. The second kappa shape index (κ2) is 3.89. The number of piperidine rings is 1. The molecule has 2 aliphatic rings. The van der Waals surface area contributed by atoms with E-state index in [2.05, 4.69) is 12.2 Å². The van der Waals surface area contributed by atoms with Crippen molar-refractivity contribution in [2.75, 3.05) is 19.6 Å². The van der Waals surface area contributed by atoms with Gasteiger partial charge in [0.1, 0.15) is 0 Å². The maximum Gasteiger partial charge on any atom is 0.242 e. The molecule has 0 aromatic carbocycles. The first kappa shape index (κ1) is 9.97. The van der Waals surface area contributed by atoms with Crippen LogP contribution in [0.1, 0.15) is 39.0 Å². The topological polar surface area (TPSA) is 32.3 Å². The van der Waals surface area contributed by atoms with Crippen LogP contribution >= 0.6 is 0 Å². The lowest BCUT2D eigenvalue weighted by Crippen LogP contribution is -2.58. The highest BCUT2D eigenvalue weighted by Gasteiger charge is 2.44. The maximum atomic E-state index is 12.2. The molecule has 0 radical (unpaired) electrons. The molecule has 2 rings (SSSR count). The predicted octanol–water partition coefficient (Wildman–Crippen LogP) is 1.14. The van der Waals surface area contributed by atoms with Crippen LogP contribution < -0.4 is 5.32 Å². The van der Waals surface area contributed by atoms with Crippen molar-refractivity contribution >= 4 is 5.91 Å². The average molecular weight is 196 g/mol. The Labute approximate surface area is 85.8 Å². The summed E-state index contributed by atoms with van der Waals surface area (Å²) in [5.74, 6) is 0.364. The van der Waals surface area contributed by atoms with Crippen LogP contribution in [0.25, 0.3) is 0 Å². The molecule has 1 atom stereocenters. The van der Waals surface area contributed by atoms with Crippen molar-refractivity contribution in [2.24, 2.45) is 0 Å². The van der Waals surface area contributed by atoms with Gasteiger partial charge in [-0.15, -0.1) is 0 Å².